The Labute approximate surface area is 180 Å². The number of dihydropyridines is 1. The molecule has 3 fully saturated rings. The number of nitrogens with one attached hydrogen (secondary N) is 1. The van der Waals surface area contributed by atoms with Gasteiger partial charge < -0.3 is 10.1 Å². The summed E-state index contributed by atoms with van der Waals surface area (Å²) in [6.07, 6.45) is 6.33. The van der Waals surface area contributed by atoms with Crippen LogP contribution < -0.4 is 5.32 Å². The second-order valence-electron chi connectivity index (χ2n) is 9.08. The molecule has 0 bridgehead atoms. The molecule has 0 radical (unpaired) electrons. The molecule has 0 spiro atoms. The topological polar surface area (TPSA) is 55.4 Å². The number of benzene rings is 1. The zero-order valence-electron chi connectivity index (χ0n) is 17.1. The van der Waals surface area contributed by atoms with Gasteiger partial charge in [-0.25, -0.2) is 4.79 Å². The van der Waals surface area contributed by atoms with E-state index in [1.807, 2.05) is 12.1 Å². The van der Waals surface area contributed by atoms with Crippen LogP contribution in [0.4, 0.5) is 0 Å². The SMILES string of the molecule is COC(=O)C1=C(C2CC2)NC(C2CC2)=C(C(=O)C2CC2)C1c1csc2ccccc12. The number of carbonyl (C=O) groups is 2. The van der Waals surface area contributed by atoms with Gasteiger partial charge in [0.2, 0.25) is 0 Å². The molecule has 5 heteroatoms. The van der Waals surface area contributed by atoms with Crippen LogP contribution in [0.3, 0.4) is 0 Å². The molecule has 1 unspecified atom stereocenters. The molecule has 1 aromatic carbocycles. The molecule has 1 aliphatic heterocycles. The quantitative estimate of drug-likeness (QED) is 0.665. The number of hydrogen-bond donors (Lipinski definition) is 1. The van der Waals surface area contributed by atoms with Crippen molar-refractivity contribution in [2.24, 2.45) is 17.8 Å². The van der Waals surface area contributed by atoms with Crippen LogP contribution in [-0.2, 0) is 14.3 Å². The maximum atomic E-state index is 13.6. The highest BCUT2D eigenvalue weighted by atomic mass is 32.1. The second-order valence-corrected chi connectivity index (χ2v) is 9.99. The van der Waals surface area contributed by atoms with E-state index in [4.69, 9.17) is 4.74 Å². The largest absolute Gasteiger partial charge is 0.466 e. The molecule has 1 N–H and O–H groups in total. The van der Waals surface area contributed by atoms with Crippen molar-refractivity contribution in [1.82, 2.24) is 5.32 Å². The molecule has 6 rings (SSSR count). The first-order chi connectivity index (χ1) is 14.7. The van der Waals surface area contributed by atoms with E-state index in [9.17, 15) is 9.59 Å². The first-order valence-electron chi connectivity index (χ1n) is 11.0. The van der Waals surface area contributed by atoms with Crippen LogP contribution in [0.25, 0.3) is 10.1 Å². The smallest absolute Gasteiger partial charge is 0.336 e. The number of thiophene rings is 1. The lowest BCUT2D eigenvalue weighted by atomic mass is 9.76. The Morgan fingerprint density at radius 2 is 1.63 bits per heavy atom. The molecule has 154 valence electrons. The van der Waals surface area contributed by atoms with Crippen LogP contribution in [0.15, 0.2) is 52.2 Å². The Balaban J connectivity index is 1.61. The predicted molar refractivity (Wildman–Crippen MR) is 117 cm³/mol. The van der Waals surface area contributed by atoms with Crippen LogP contribution in [0, 0.1) is 17.8 Å². The van der Waals surface area contributed by atoms with E-state index < -0.39 is 0 Å². The predicted octanol–water partition coefficient (Wildman–Crippen LogP) is 5.07. The van der Waals surface area contributed by atoms with Crippen molar-refractivity contribution in [2.45, 2.75) is 44.4 Å². The van der Waals surface area contributed by atoms with Gasteiger partial charge in [0, 0.05) is 33.5 Å². The van der Waals surface area contributed by atoms with Crippen molar-refractivity contribution in [3.8, 4) is 0 Å². The fraction of sp³-hybridized carbons (Fsp3) is 0.440. The summed E-state index contributed by atoms with van der Waals surface area (Å²) in [5, 5.41) is 6.93. The van der Waals surface area contributed by atoms with Gasteiger partial charge in [0.25, 0.3) is 0 Å². The number of carbonyl (C=O) groups excluding carboxylic acids is 2. The zero-order chi connectivity index (χ0) is 20.4. The summed E-state index contributed by atoms with van der Waals surface area (Å²) < 4.78 is 6.48. The number of ketones is 1. The lowest BCUT2D eigenvalue weighted by Gasteiger charge is -2.33. The minimum atomic E-state index is -0.325. The van der Waals surface area contributed by atoms with Crippen LogP contribution >= 0.6 is 11.3 Å². The first-order valence-corrected chi connectivity index (χ1v) is 11.9. The Morgan fingerprint density at radius 3 is 2.27 bits per heavy atom. The molecule has 1 aromatic heterocycles. The van der Waals surface area contributed by atoms with Gasteiger partial charge in [0.05, 0.1) is 12.7 Å². The summed E-state index contributed by atoms with van der Waals surface area (Å²) in [6, 6.07) is 8.31. The average Bonchev–Trinajstić information content (AvgIpc) is 3.63. The lowest BCUT2D eigenvalue weighted by Crippen LogP contribution is -2.35. The minimum absolute atomic E-state index is 0.115. The molecule has 0 amide bonds. The molecule has 3 aliphatic carbocycles. The van der Waals surface area contributed by atoms with E-state index in [0.29, 0.717) is 17.4 Å². The lowest BCUT2D eigenvalue weighted by molar-refractivity contribution is -0.136. The number of Topliss-reactive ketones (excluding diaryl/α,β-unsaturated/α-hetero) is 1. The molecule has 2 heterocycles. The number of rotatable bonds is 6. The molecule has 0 saturated heterocycles. The van der Waals surface area contributed by atoms with Gasteiger partial charge in [-0.05, 0) is 72.8 Å². The highest BCUT2D eigenvalue weighted by molar-refractivity contribution is 7.17. The molecule has 4 aliphatic rings. The normalized spacial score (nSPS) is 24.2. The molecule has 4 nitrogen and oxygen atoms in total. The van der Waals surface area contributed by atoms with E-state index in [1.165, 1.54) is 11.8 Å². The van der Waals surface area contributed by atoms with Crippen molar-refractivity contribution >= 4 is 33.2 Å². The molecule has 30 heavy (non-hydrogen) atoms. The Bertz CT molecular complexity index is 1130. The Morgan fingerprint density at radius 1 is 0.967 bits per heavy atom. The van der Waals surface area contributed by atoms with Crippen molar-refractivity contribution in [3.05, 3.63) is 57.7 Å². The number of hydrogen-bond acceptors (Lipinski definition) is 5. The van der Waals surface area contributed by atoms with Gasteiger partial charge >= 0.3 is 5.97 Å². The van der Waals surface area contributed by atoms with Gasteiger partial charge in [-0.1, -0.05) is 18.2 Å². The van der Waals surface area contributed by atoms with Gasteiger partial charge in [-0.15, -0.1) is 11.3 Å². The summed E-state index contributed by atoms with van der Waals surface area (Å²) in [5.41, 5.74) is 4.70. The third kappa shape index (κ3) is 2.94. The third-order valence-corrected chi connectivity index (χ3v) is 7.82. The fourth-order valence-electron chi connectivity index (χ4n) is 4.83. The highest BCUT2D eigenvalue weighted by Gasteiger charge is 2.48. The summed E-state index contributed by atoms with van der Waals surface area (Å²) in [5.74, 6) is 0.515. The number of methoxy groups -OCH3 is 1. The van der Waals surface area contributed by atoms with Crippen molar-refractivity contribution in [2.75, 3.05) is 7.11 Å². The summed E-state index contributed by atoms with van der Waals surface area (Å²) in [7, 11) is 1.45. The van der Waals surface area contributed by atoms with Crippen LogP contribution in [0.1, 0.15) is 50.0 Å². The summed E-state index contributed by atoms with van der Waals surface area (Å²) in [6.45, 7) is 0. The van der Waals surface area contributed by atoms with Crippen LogP contribution in [0.2, 0.25) is 0 Å². The van der Waals surface area contributed by atoms with Gasteiger partial charge in [-0.3, -0.25) is 4.79 Å². The summed E-state index contributed by atoms with van der Waals surface area (Å²) >= 11 is 1.69. The van der Waals surface area contributed by atoms with Crippen molar-refractivity contribution < 1.29 is 14.3 Å². The van der Waals surface area contributed by atoms with E-state index in [2.05, 4.69) is 22.8 Å². The monoisotopic (exact) mass is 419 g/mol. The fourth-order valence-corrected chi connectivity index (χ4v) is 5.82. The standard InChI is InChI=1S/C25H25NO3S/c1-29-25(28)21-19(17-12-30-18-5-3-2-4-16(17)18)20(24(27)15-10-11-15)22(13-6-7-13)26-23(21)14-8-9-14/h2-5,12-15,19,26H,6-11H2,1H3. The third-order valence-electron chi connectivity index (χ3n) is 6.84. The Hall–Kier alpha value is -2.40. The van der Waals surface area contributed by atoms with Gasteiger partial charge in [0.1, 0.15) is 0 Å². The van der Waals surface area contributed by atoms with Crippen molar-refractivity contribution in [1.29, 1.82) is 0 Å². The zero-order valence-corrected chi connectivity index (χ0v) is 17.9. The molecule has 1 atom stereocenters. The van der Waals surface area contributed by atoms with Crippen LogP contribution in [-0.4, -0.2) is 18.9 Å². The summed E-state index contributed by atoms with van der Waals surface area (Å²) in [4.78, 5) is 26.8. The maximum Gasteiger partial charge on any atom is 0.336 e. The van der Waals surface area contributed by atoms with Crippen LogP contribution in [0.5, 0.6) is 0 Å². The van der Waals surface area contributed by atoms with E-state index in [1.54, 1.807) is 11.3 Å². The second kappa shape index (κ2) is 6.81. The van der Waals surface area contributed by atoms with Gasteiger partial charge in [-0.2, -0.15) is 0 Å². The highest BCUT2D eigenvalue weighted by Crippen LogP contribution is 2.53. The Kier molecular flexibility index (Phi) is 4.17. The van der Waals surface area contributed by atoms with E-state index in [0.717, 1.165) is 66.4 Å². The number of esters is 1. The number of fused-ring (bicyclic) bond motifs is 1. The average molecular weight is 420 g/mol. The van der Waals surface area contributed by atoms with E-state index in [-0.39, 0.29) is 23.6 Å². The minimum Gasteiger partial charge on any atom is -0.466 e. The van der Waals surface area contributed by atoms with Crippen molar-refractivity contribution in [3.63, 3.8) is 0 Å². The van der Waals surface area contributed by atoms with E-state index >= 15 is 0 Å². The molecule has 2 aromatic rings. The number of ether oxygens (including phenoxy) is 1. The maximum absolute atomic E-state index is 13.6. The molecular formula is C25H25NO3S. The first kappa shape index (κ1) is 18.4. The van der Waals surface area contributed by atoms with Gasteiger partial charge in [0.15, 0.2) is 5.78 Å². The molecular weight excluding hydrogens is 394 g/mol. The number of allylic oxidation sites excluding steroid dienone is 3. The molecule has 3 saturated carbocycles.